The van der Waals surface area contributed by atoms with Gasteiger partial charge in [0.2, 0.25) is 0 Å². The van der Waals surface area contributed by atoms with Crippen molar-refractivity contribution < 1.29 is 29.3 Å². The van der Waals surface area contributed by atoms with Gasteiger partial charge in [0.25, 0.3) is 0 Å². The highest BCUT2D eigenvalue weighted by Gasteiger charge is 2.76. The maximum atomic E-state index is 17.0. The monoisotopic (exact) mass is 396 g/mol. The molecule has 4 aliphatic rings. The number of aliphatic hydroxyl groups is 3. The van der Waals surface area contributed by atoms with Crippen LogP contribution in [0.25, 0.3) is 0 Å². The number of aliphatic hydroxyl groups excluding tert-OH is 2. The highest BCUT2D eigenvalue weighted by Crippen LogP contribution is 2.71. The summed E-state index contributed by atoms with van der Waals surface area (Å²) in [6.07, 6.45) is 1.66. The second-order valence-corrected chi connectivity index (χ2v) is 10.5. The molecule has 158 valence electrons. The molecule has 4 saturated carbocycles. The molecule has 0 bridgehead atoms. The Balaban J connectivity index is 1.79. The molecular weight excluding hydrogens is 363 g/mol. The second-order valence-electron chi connectivity index (χ2n) is 10.5. The average molecular weight is 396 g/mol. The van der Waals surface area contributed by atoms with Crippen molar-refractivity contribution in [3.63, 3.8) is 0 Å². The molecule has 0 spiro atoms. The summed E-state index contributed by atoms with van der Waals surface area (Å²) in [5, 5.41) is 32.1. The third kappa shape index (κ3) is 2.12. The summed E-state index contributed by atoms with van der Waals surface area (Å²) in [5.74, 6) is -1.63. The Hall–Kier alpha value is -0.850. The molecule has 0 heterocycles. The van der Waals surface area contributed by atoms with Gasteiger partial charge < -0.3 is 15.3 Å². The Morgan fingerprint density at radius 1 is 1.21 bits per heavy atom. The van der Waals surface area contributed by atoms with Crippen LogP contribution < -0.4 is 0 Å². The van der Waals surface area contributed by atoms with E-state index < -0.39 is 52.4 Å². The number of Topliss-reactive ketones (excluding diaryl/α,β-unsaturated/α-hetero) is 2. The molecule has 0 aromatic rings. The van der Waals surface area contributed by atoms with Gasteiger partial charge in [-0.15, -0.1) is 0 Å². The van der Waals surface area contributed by atoms with E-state index in [9.17, 15) is 24.9 Å². The van der Waals surface area contributed by atoms with Crippen molar-refractivity contribution >= 4 is 11.6 Å². The van der Waals surface area contributed by atoms with Gasteiger partial charge >= 0.3 is 0 Å². The van der Waals surface area contributed by atoms with Crippen LogP contribution in [0.2, 0.25) is 0 Å². The van der Waals surface area contributed by atoms with E-state index in [4.69, 9.17) is 0 Å². The maximum absolute atomic E-state index is 17.0. The zero-order chi connectivity index (χ0) is 20.7. The summed E-state index contributed by atoms with van der Waals surface area (Å²) < 4.78 is 17.0. The quantitative estimate of drug-likeness (QED) is 0.665. The molecule has 0 aromatic carbocycles. The predicted molar refractivity (Wildman–Crippen MR) is 100 cm³/mol. The van der Waals surface area contributed by atoms with Crippen LogP contribution in [0.4, 0.5) is 4.39 Å². The normalized spacial score (nSPS) is 56.0. The summed E-state index contributed by atoms with van der Waals surface area (Å²) in [5.41, 5.74) is -5.32. The standard InChI is InChI=1S/C22H33FO5/c1-12-8-16-15-5-4-13-9-14(25)6-7-19(13,2)21(15,23)17(26)10-20(16,3)22(12,28)18(27)11-24/h12-13,15-17,24,26,28H,4-11H2,1-3H3/t12-,13-,15-,16-,17-,19-,20-,21?,22-/m0/s1. The molecule has 9 atom stereocenters. The Labute approximate surface area is 165 Å². The van der Waals surface area contributed by atoms with Crippen LogP contribution in [0.15, 0.2) is 0 Å². The maximum Gasteiger partial charge on any atom is 0.190 e. The number of hydrogen-bond acceptors (Lipinski definition) is 5. The molecule has 6 heteroatoms. The number of halogens is 1. The van der Waals surface area contributed by atoms with Crippen LogP contribution in [-0.4, -0.2) is 50.9 Å². The minimum absolute atomic E-state index is 0.00645. The molecule has 4 aliphatic carbocycles. The van der Waals surface area contributed by atoms with Crippen molar-refractivity contribution in [1.82, 2.24) is 0 Å². The van der Waals surface area contributed by atoms with Crippen LogP contribution in [0.3, 0.4) is 0 Å². The molecule has 0 saturated heterocycles. The van der Waals surface area contributed by atoms with Gasteiger partial charge in [-0.2, -0.15) is 0 Å². The molecular formula is C22H33FO5. The first-order valence-corrected chi connectivity index (χ1v) is 10.7. The highest BCUT2D eigenvalue weighted by molar-refractivity contribution is 5.90. The van der Waals surface area contributed by atoms with Crippen LogP contribution >= 0.6 is 0 Å². The summed E-state index contributed by atoms with van der Waals surface area (Å²) in [4.78, 5) is 24.6. The summed E-state index contributed by atoms with van der Waals surface area (Å²) in [6.45, 7) is 4.71. The van der Waals surface area contributed by atoms with E-state index in [2.05, 4.69) is 0 Å². The van der Waals surface area contributed by atoms with Gasteiger partial charge in [0.1, 0.15) is 23.7 Å². The van der Waals surface area contributed by atoms with Gasteiger partial charge in [-0.3, -0.25) is 9.59 Å². The fraction of sp³-hybridized carbons (Fsp3) is 0.909. The van der Waals surface area contributed by atoms with Crippen LogP contribution in [0.1, 0.15) is 65.7 Å². The summed E-state index contributed by atoms with van der Waals surface area (Å²) in [7, 11) is 0. The van der Waals surface area contributed by atoms with Crippen molar-refractivity contribution in [3.05, 3.63) is 0 Å². The van der Waals surface area contributed by atoms with Gasteiger partial charge in [-0.1, -0.05) is 20.8 Å². The third-order valence-electron chi connectivity index (χ3n) is 9.71. The third-order valence-corrected chi connectivity index (χ3v) is 9.71. The van der Waals surface area contributed by atoms with E-state index in [1.54, 1.807) is 13.8 Å². The first-order valence-electron chi connectivity index (χ1n) is 10.7. The van der Waals surface area contributed by atoms with Crippen molar-refractivity contribution in [2.75, 3.05) is 6.61 Å². The summed E-state index contributed by atoms with van der Waals surface area (Å²) >= 11 is 0. The average Bonchev–Trinajstić information content (AvgIpc) is 2.84. The van der Waals surface area contributed by atoms with Crippen LogP contribution in [0, 0.1) is 34.5 Å². The lowest BCUT2D eigenvalue weighted by Crippen LogP contribution is -2.71. The van der Waals surface area contributed by atoms with Crippen molar-refractivity contribution in [1.29, 1.82) is 0 Å². The number of alkyl halides is 1. The van der Waals surface area contributed by atoms with E-state index in [0.29, 0.717) is 32.1 Å². The Kier molecular flexibility index (Phi) is 4.44. The van der Waals surface area contributed by atoms with E-state index in [-0.39, 0.29) is 24.0 Å². The molecule has 4 rings (SSSR count). The smallest absolute Gasteiger partial charge is 0.190 e. The highest BCUT2D eigenvalue weighted by atomic mass is 19.1. The Bertz CT molecular complexity index is 711. The number of ketones is 2. The molecule has 3 N–H and O–H groups in total. The molecule has 5 nitrogen and oxygen atoms in total. The van der Waals surface area contributed by atoms with Crippen molar-refractivity contribution in [2.24, 2.45) is 34.5 Å². The van der Waals surface area contributed by atoms with E-state index in [1.807, 2.05) is 6.92 Å². The van der Waals surface area contributed by atoms with Crippen LogP contribution in [0.5, 0.6) is 0 Å². The number of carbonyl (C=O) groups excluding carboxylic acids is 2. The molecule has 0 aromatic heterocycles. The molecule has 1 unspecified atom stereocenters. The Morgan fingerprint density at radius 3 is 2.54 bits per heavy atom. The number of hydrogen-bond donors (Lipinski definition) is 3. The number of rotatable bonds is 2. The fourth-order valence-corrected chi connectivity index (χ4v) is 8.10. The minimum atomic E-state index is -1.83. The van der Waals surface area contributed by atoms with Crippen molar-refractivity contribution in [2.45, 2.75) is 83.1 Å². The minimum Gasteiger partial charge on any atom is -0.390 e. The lowest BCUT2D eigenvalue weighted by molar-refractivity contribution is -0.254. The second kappa shape index (κ2) is 6.08. The zero-order valence-corrected chi connectivity index (χ0v) is 17.1. The fourth-order valence-electron chi connectivity index (χ4n) is 8.10. The number of carbonyl (C=O) groups is 2. The van der Waals surface area contributed by atoms with Gasteiger partial charge in [-0.25, -0.2) is 4.39 Å². The van der Waals surface area contributed by atoms with Gasteiger partial charge in [0.05, 0.1) is 6.10 Å². The molecule has 0 radical (unpaired) electrons. The SMILES string of the molecule is C[C@H]1C[C@H]2[C@@H]3CC[C@H]4CC(=O)CC[C@]4(C)C3(F)[C@@H](O)C[C@]2(C)[C@@]1(O)C(=O)CO. The first-order chi connectivity index (χ1) is 13.0. The molecule has 0 amide bonds. The topological polar surface area (TPSA) is 94.8 Å². The predicted octanol–water partition coefficient (Wildman–Crippen LogP) is 2.20. The molecule has 28 heavy (non-hydrogen) atoms. The van der Waals surface area contributed by atoms with Crippen molar-refractivity contribution in [3.8, 4) is 0 Å². The summed E-state index contributed by atoms with van der Waals surface area (Å²) in [6, 6.07) is 0. The van der Waals surface area contributed by atoms with Crippen LogP contribution in [-0.2, 0) is 9.59 Å². The van der Waals surface area contributed by atoms with Gasteiger partial charge in [0, 0.05) is 23.7 Å². The lowest BCUT2D eigenvalue weighted by Gasteiger charge is -2.65. The van der Waals surface area contributed by atoms with Gasteiger partial charge in [0.15, 0.2) is 5.78 Å². The Morgan fingerprint density at radius 2 is 1.89 bits per heavy atom. The van der Waals surface area contributed by atoms with E-state index >= 15 is 4.39 Å². The lowest BCUT2D eigenvalue weighted by atomic mass is 9.42. The molecule has 0 aliphatic heterocycles. The van der Waals surface area contributed by atoms with E-state index in [0.717, 1.165) is 6.42 Å². The van der Waals surface area contributed by atoms with Gasteiger partial charge in [-0.05, 0) is 55.8 Å². The number of fused-ring (bicyclic) bond motifs is 5. The zero-order valence-electron chi connectivity index (χ0n) is 17.1. The largest absolute Gasteiger partial charge is 0.390 e. The molecule has 4 fully saturated rings. The first kappa shape index (κ1) is 20.4. The van der Waals surface area contributed by atoms with E-state index in [1.165, 1.54) is 0 Å².